The molecule has 0 radical (unpaired) electrons. The zero-order valence-corrected chi connectivity index (χ0v) is 10.9. The largest absolute Gasteiger partial charge is 0.388 e. The van der Waals surface area contributed by atoms with Crippen molar-refractivity contribution in [3.8, 4) is 0 Å². The first-order valence-electron chi connectivity index (χ1n) is 5.17. The lowest BCUT2D eigenvalue weighted by Gasteiger charge is -2.12. The van der Waals surface area contributed by atoms with Crippen LogP contribution in [0.3, 0.4) is 0 Å². The van der Waals surface area contributed by atoms with Crippen molar-refractivity contribution in [3.05, 3.63) is 52.3 Å². The van der Waals surface area contributed by atoms with Gasteiger partial charge in [0.2, 0.25) is 0 Å². The lowest BCUT2D eigenvalue weighted by atomic mass is 10.1. The van der Waals surface area contributed by atoms with Gasteiger partial charge in [-0.3, -0.25) is 0 Å². The van der Waals surface area contributed by atoms with Gasteiger partial charge in [-0.05, 0) is 17.7 Å². The fourth-order valence-corrected chi connectivity index (χ4v) is 2.26. The van der Waals surface area contributed by atoms with Crippen molar-refractivity contribution in [3.63, 3.8) is 0 Å². The number of rotatable bonds is 3. The van der Waals surface area contributed by atoms with E-state index in [4.69, 9.17) is 0 Å². The Balaban J connectivity index is 2.20. The highest BCUT2D eigenvalue weighted by Crippen LogP contribution is 2.26. The van der Waals surface area contributed by atoms with Crippen LogP contribution in [0.15, 0.2) is 35.1 Å². The van der Waals surface area contributed by atoms with Crippen LogP contribution in [0.2, 0.25) is 0 Å². The van der Waals surface area contributed by atoms with E-state index in [0.717, 1.165) is 5.82 Å². The maximum Gasteiger partial charge on any atom is 0.124 e. The molecule has 0 saturated heterocycles. The third kappa shape index (κ3) is 2.73. The summed E-state index contributed by atoms with van der Waals surface area (Å²) in [5.74, 6) is 0.457. The molecule has 0 aliphatic rings. The molecule has 1 aromatic heterocycles. The number of benzene rings is 1. The summed E-state index contributed by atoms with van der Waals surface area (Å²) in [6.45, 7) is 0. The van der Waals surface area contributed by atoms with Crippen molar-refractivity contribution in [2.45, 2.75) is 12.5 Å². The fraction of sp³-hybridized carbons (Fsp3) is 0.250. The lowest BCUT2D eigenvalue weighted by molar-refractivity contribution is 0.174. The molecule has 90 valence electrons. The number of aliphatic hydroxyl groups is 1. The summed E-state index contributed by atoms with van der Waals surface area (Å²) in [6, 6.07) is 4.26. The quantitative estimate of drug-likeness (QED) is 0.946. The van der Waals surface area contributed by atoms with E-state index in [1.807, 2.05) is 17.8 Å². The van der Waals surface area contributed by atoms with Crippen LogP contribution in [0.5, 0.6) is 0 Å². The minimum absolute atomic E-state index is 0.329. The van der Waals surface area contributed by atoms with Crippen molar-refractivity contribution in [1.82, 2.24) is 9.55 Å². The maximum absolute atomic E-state index is 12.9. The normalized spacial score (nSPS) is 12.7. The highest BCUT2D eigenvalue weighted by molar-refractivity contribution is 9.10. The molecule has 2 aromatic rings. The van der Waals surface area contributed by atoms with E-state index in [2.05, 4.69) is 20.9 Å². The monoisotopic (exact) mass is 298 g/mol. The molecule has 1 atom stereocenters. The second kappa shape index (κ2) is 4.98. The Labute approximate surface area is 107 Å². The second-order valence-corrected chi connectivity index (χ2v) is 4.69. The number of aliphatic hydroxyl groups excluding tert-OH is 1. The molecule has 1 N–H and O–H groups in total. The summed E-state index contributed by atoms with van der Waals surface area (Å²) >= 11 is 3.24. The number of hydrogen-bond acceptors (Lipinski definition) is 2. The van der Waals surface area contributed by atoms with Crippen LogP contribution < -0.4 is 0 Å². The van der Waals surface area contributed by atoms with Crippen molar-refractivity contribution in [1.29, 1.82) is 0 Å². The molecule has 2 rings (SSSR count). The van der Waals surface area contributed by atoms with E-state index in [9.17, 15) is 9.50 Å². The number of aryl methyl sites for hydroxylation is 1. The lowest BCUT2D eigenvalue weighted by Crippen LogP contribution is -2.07. The highest BCUT2D eigenvalue weighted by atomic mass is 79.9. The van der Waals surface area contributed by atoms with Gasteiger partial charge in [0.1, 0.15) is 11.6 Å². The average Bonchev–Trinajstić information content (AvgIpc) is 2.64. The van der Waals surface area contributed by atoms with Gasteiger partial charge in [0.25, 0.3) is 0 Å². The Hall–Kier alpha value is -1.20. The predicted octanol–water partition coefficient (Wildman–Crippen LogP) is 2.60. The van der Waals surface area contributed by atoms with E-state index >= 15 is 0 Å². The molecule has 1 unspecified atom stereocenters. The van der Waals surface area contributed by atoms with Crippen LogP contribution in [0, 0.1) is 5.82 Å². The van der Waals surface area contributed by atoms with Crippen LogP contribution in [-0.4, -0.2) is 14.7 Å². The molecule has 0 bridgehead atoms. The summed E-state index contributed by atoms with van der Waals surface area (Å²) in [5.41, 5.74) is 0.661. The summed E-state index contributed by atoms with van der Waals surface area (Å²) in [6.07, 6.45) is 3.20. The van der Waals surface area contributed by atoms with Crippen molar-refractivity contribution < 1.29 is 9.50 Å². The summed E-state index contributed by atoms with van der Waals surface area (Å²) in [7, 11) is 1.87. The van der Waals surface area contributed by atoms with Crippen LogP contribution in [0.1, 0.15) is 17.5 Å². The SMILES string of the molecule is Cn1ccnc1CC(O)c1ccc(F)cc1Br. The van der Waals surface area contributed by atoms with Gasteiger partial charge in [0.15, 0.2) is 0 Å². The molecule has 5 heteroatoms. The van der Waals surface area contributed by atoms with Gasteiger partial charge in [-0.1, -0.05) is 22.0 Å². The Bertz CT molecular complexity index is 527. The van der Waals surface area contributed by atoms with Crippen LogP contribution in [0.4, 0.5) is 4.39 Å². The first-order valence-corrected chi connectivity index (χ1v) is 5.96. The topological polar surface area (TPSA) is 38.0 Å². The van der Waals surface area contributed by atoms with E-state index in [0.29, 0.717) is 16.5 Å². The van der Waals surface area contributed by atoms with Gasteiger partial charge in [0.05, 0.1) is 6.10 Å². The number of imidazole rings is 1. The van der Waals surface area contributed by atoms with Gasteiger partial charge < -0.3 is 9.67 Å². The smallest absolute Gasteiger partial charge is 0.124 e. The summed E-state index contributed by atoms with van der Waals surface area (Å²) < 4.78 is 15.3. The van der Waals surface area contributed by atoms with E-state index < -0.39 is 6.10 Å². The zero-order valence-electron chi connectivity index (χ0n) is 9.27. The van der Waals surface area contributed by atoms with E-state index in [1.54, 1.807) is 12.3 Å². The second-order valence-electron chi connectivity index (χ2n) is 3.84. The molecule has 0 aliphatic carbocycles. The molecule has 0 fully saturated rings. The van der Waals surface area contributed by atoms with Crippen molar-refractivity contribution in [2.24, 2.45) is 7.05 Å². The van der Waals surface area contributed by atoms with Gasteiger partial charge in [0, 0.05) is 30.3 Å². The Morgan fingerprint density at radius 2 is 2.29 bits per heavy atom. The number of aromatic nitrogens is 2. The van der Waals surface area contributed by atoms with Gasteiger partial charge in [-0.25, -0.2) is 9.37 Å². The molecule has 0 amide bonds. The van der Waals surface area contributed by atoms with Crippen molar-refractivity contribution in [2.75, 3.05) is 0 Å². The molecular formula is C12H12BrFN2O. The molecular weight excluding hydrogens is 287 g/mol. The van der Waals surface area contributed by atoms with Crippen LogP contribution in [0.25, 0.3) is 0 Å². The first-order chi connectivity index (χ1) is 8.08. The van der Waals surface area contributed by atoms with E-state index in [1.165, 1.54) is 12.1 Å². The molecule has 3 nitrogen and oxygen atoms in total. The minimum atomic E-state index is -0.703. The third-order valence-corrected chi connectivity index (χ3v) is 3.31. The molecule has 1 aromatic carbocycles. The summed E-state index contributed by atoms with van der Waals surface area (Å²) in [4.78, 5) is 4.14. The summed E-state index contributed by atoms with van der Waals surface area (Å²) in [5, 5.41) is 10.1. The van der Waals surface area contributed by atoms with Crippen LogP contribution >= 0.6 is 15.9 Å². The zero-order chi connectivity index (χ0) is 12.4. The predicted molar refractivity (Wildman–Crippen MR) is 66.0 cm³/mol. The average molecular weight is 299 g/mol. The molecule has 0 aliphatic heterocycles. The van der Waals surface area contributed by atoms with Gasteiger partial charge in [-0.15, -0.1) is 0 Å². The maximum atomic E-state index is 12.9. The molecule has 17 heavy (non-hydrogen) atoms. The van der Waals surface area contributed by atoms with Crippen molar-refractivity contribution >= 4 is 15.9 Å². The third-order valence-electron chi connectivity index (χ3n) is 2.62. The van der Waals surface area contributed by atoms with Gasteiger partial charge in [-0.2, -0.15) is 0 Å². The molecule has 0 spiro atoms. The minimum Gasteiger partial charge on any atom is -0.388 e. The van der Waals surface area contributed by atoms with E-state index in [-0.39, 0.29) is 5.82 Å². The Morgan fingerprint density at radius 1 is 1.53 bits per heavy atom. The Kier molecular flexibility index (Phi) is 3.59. The molecule has 1 heterocycles. The fourth-order valence-electron chi connectivity index (χ4n) is 1.65. The molecule has 0 saturated carbocycles. The standard InChI is InChI=1S/C12H12BrFN2O/c1-16-5-4-15-12(16)7-11(17)9-3-2-8(14)6-10(9)13/h2-6,11,17H,7H2,1H3. The van der Waals surface area contributed by atoms with Gasteiger partial charge >= 0.3 is 0 Å². The number of nitrogens with zero attached hydrogens (tertiary/aromatic N) is 2. The number of halogens is 2. The number of hydrogen-bond donors (Lipinski definition) is 1. The highest BCUT2D eigenvalue weighted by Gasteiger charge is 2.14. The first kappa shape index (κ1) is 12.3. The van der Waals surface area contributed by atoms with Crippen LogP contribution in [-0.2, 0) is 13.5 Å². The Morgan fingerprint density at radius 3 is 2.88 bits per heavy atom.